The molecule has 0 bridgehead atoms. The number of piperidine rings is 1. The maximum absolute atomic E-state index is 12.6. The van der Waals surface area contributed by atoms with E-state index in [-0.39, 0.29) is 0 Å². The maximum atomic E-state index is 12.6. The van der Waals surface area contributed by atoms with Gasteiger partial charge in [-0.2, -0.15) is 17.0 Å². The Kier molecular flexibility index (Phi) is 4.75. The minimum Gasteiger partial charge on any atom is -0.361 e. The molecule has 2 aromatic rings. The van der Waals surface area contributed by atoms with Crippen LogP contribution in [0.4, 0.5) is 0 Å². The maximum Gasteiger partial charge on any atom is 0.281 e. The number of para-hydroxylation sites is 1. The van der Waals surface area contributed by atoms with Gasteiger partial charge in [0.2, 0.25) is 0 Å². The number of benzene rings is 1. The van der Waals surface area contributed by atoms with Crippen LogP contribution in [0.1, 0.15) is 38.2 Å². The highest BCUT2D eigenvalue weighted by Crippen LogP contribution is 2.34. The summed E-state index contributed by atoms with van der Waals surface area (Å²) in [5.41, 5.74) is 2.47. The molecule has 1 saturated heterocycles. The summed E-state index contributed by atoms with van der Waals surface area (Å²) in [6.45, 7) is 6.04. The molecule has 23 heavy (non-hydrogen) atoms. The van der Waals surface area contributed by atoms with Crippen molar-refractivity contribution in [3.63, 3.8) is 0 Å². The van der Waals surface area contributed by atoms with Gasteiger partial charge in [-0.15, -0.1) is 0 Å². The zero-order valence-electron chi connectivity index (χ0n) is 13.8. The smallest absolute Gasteiger partial charge is 0.281 e. The van der Waals surface area contributed by atoms with Crippen LogP contribution in [0.5, 0.6) is 0 Å². The Morgan fingerprint density at radius 2 is 1.83 bits per heavy atom. The third-order valence-corrected chi connectivity index (χ3v) is 7.06. The number of hydrogen-bond acceptors (Lipinski definition) is 2. The van der Waals surface area contributed by atoms with E-state index in [1.54, 1.807) is 8.61 Å². The number of H-pyrrole nitrogens is 1. The molecule has 0 spiro atoms. The molecule has 2 heterocycles. The van der Waals surface area contributed by atoms with Gasteiger partial charge in [0.1, 0.15) is 0 Å². The highest BCUT2D eigenvalue weighted by atomic mass is 32.2. The van der Waals surface area contributed by atoms with Crippen LogP contribution in [0.15, 0.2) is 30.5 Å². The molecule has 1 N–H and O–H groups in total. The van der Waals surface area contributed by atoms with Crippen molar-refractivity contribution in [2.24, 2.45) is 0 Å². The molecule has 0 amide bonds. The second-order valence-corrected chi connectivity index (χ2v) is 7.98. The standard InChI is InChI=1S/C17H25N3O2S/c1-3-19(4-2)23(21,22)20-11-9-14(10-12-20)16-13-18-17-8-6-5-7-15(16)17/h5-8,13-14,18H,3-4,9-12H2,1-2H3. The fourth-order valence-corrected chi connectivity index (χ4v) is 5.19. The fourth-order valence-electron chi connectivity index (χ4n) is 3.54. The van der Waals surface area contributed by atoms with Crippen molar-refractivity contribution < 1.29 is 8.42 Å². The number of aromatic amines is 1. The summed E-state index contributed by atoms with van der Waals surface area (Å²) in [6, 6.07) is 8.31. The third-order valence-electron chi connectivity index (χ3n) is 4.87. The molecule has 126 valence electrons. The van der Waals surface area contributed by atoms with Crippen molar-refractivity contribution in [3.05, 3.63) is 36.0 Å². The Morgan fingerprint density at radius 3 is 2.48 bits per heavy atom. The molecule has 1 aromatic heterocycles. The Bertz CT molecular complexity index is 757. The van der Waals surface area contributed by atoms with Crippen molar-refractivity contribution >= 4 is 21.1 Å². The summed E-state index contributed by atoms with van der Waals surface area (Å²) in [6.07, 6.45) is 3.84. The van der Waals surface area contributed by atoms with Crippen molar-refractivity contribution in [3.8, 4) is 0 Å². The molecule has 6 heteroatoms. The summed E-state index contributed by atoms with van der Waals surface area (Å²) < 4.78 is 28.4. The average molecular weight is 335 g/mol. The van der Waals surface area contributed by atoms with Gasteiger partial charge in [0, 0.05) is 43.3 Å². The molecule has 0 radical (unpaired) electrons. The second-order valence-electron chi connectivity index (χ2n) is 6.05. The van der Waals surface area contributed by atoms with Crippen LogP contribution in [-0.4, -0.2) is 48.2 Å². The molecule has 0 unspecified atom stereocenters. The van der Waals surface area contributed by atoms with Crippen LogP contribution in [0.25, 0.3) is 10.9 Å². The normalized spacial score (nSPS) is 18.0. The first-order valence-electron chi connectivity index (χ1n) is 8.39. The second kappa shape index (κ2) is 6.63. The third kappa shape index (κ3) is 3.03. The lowest BCUT2D eigenvalue weighted by Gasteiger charge is -2.34. The molecule has 0 atom stereocenters. The molecule has 1 fully saturated rings. The van der Waals surface area contributed by atoms with Crippen molar-refractivity contribution in [1.29, 1.82) is 0 Å². The van der Waals surface area contributed by atoms with Gasteiger partial charge in [-0.3, -0.25) is 0 Å². The van der Waals surface area contributed by atoms with E-state index in [1.807, 2.05) is 19.9 Å². The van der Waals surface area contributed by atoms with Crippen molar-refractivity contribution in [2.45, 2.75) is 32.6 Å². The Morgan fingerprint density at radius 1 is 1.17 bits per heavy atom. The van der Waals surface area contributed by atoms with E-state index in [1.165, 1.54) is 10.9 Å². The molecule has 0 saturated carbocycles. The predicted octanol–water partition coefficient (Wildman–Crippen LogP) is 2.93. The van der Waals surface area contributed by atoms with Gasteiger partial charge in [0.05, 0.1) is 0 Å². The topological polar surface area (TPSA) is 56.4 Å². The summed E-state index contributed by atoms with van der Waals surface area (Å²) in [7, 11) is -3.30. The zero-order valence-corrected chi connectivity index (χ0v) is 14.6. The van der Waals surface area contributed by atoms with Crippen LogP contribution in [-0.2, 0) is 10.2 Å². The number of aromatic nitrogens is 1. The van der Waals surface area contributed by atoms with E-state index < -0.39 is 10.2 Å². The van der Waals surface area contributed by atoms with Crippen LogP contribution < -0.4 is 0 Å². The summed E-state index contributed by atoms with van der Waals surface area (Å²) in [5.74, 6) is 0.425. The van der Waals surface area contributed by atoms with E-state index in [9.17, 15) is 8.42 Å². The van der Waals surface area contributed by atoms with Gasteiger partial charge in [-0.05, 0) is 30.4 Å². The molecule has 1 aromatic carbocycles. The Hall–Kier alpha value is -1.37. The molecule has 5 nitrogen and oxygen atoms in total. The first-order valence-corrected chi connectivity index (χ1v) is 9.78. The van der Waals surface area contributed by atoms with Gasteiger partial charge in [-0.1, -0.05) is 32.0 Å². The molecular weight excluding hydrogens is 310 g/mol. The summed E-state index contributed by atoms with van der Waals surface area (Å²) in [5, 5.41) is 1.26. The number of nitrogens with zero attached hydrogens (tertiary/aromatic N) is 2. The summed E-state index contributed by atoms with van der Waals surface area (Å²) in [4.78, 5) is 3.32. The lowest BCUT2D eigenvalue weighted by atomic mass is 9.90. The summed E-state index contributed by atoms with van der Waals surface area (Å²) >= 11 is 0. The lowest BCUT2D eigenvalue weighted by Crippen LogP contribution is -2.46. The van der Waals surface area contributed by atoms with Gasteiger partial charge in [0.25, 0.3) is 10.2 Å². The van der Waals surface area contributed by atoms with E-state index in [0.717, 1.165) is 18.4 Å². The van der Waals surface area contributed by atoms with Gasteiger partial charge < -0.3 is 4.98 Å². The number of fused-ring (bicyclic) bond motifs is 1. The predicted molar refractivity (Wildman–Crippen MR) is 93.7 cm³/mol. The van der Waals surface area contributed by atoms with Gasteiger partial charge >= 0.3 is 0 Å². The zero-order chi connectivity index (χ0) is 16.4. The fraction of sp³-hybridized carbons (Fsp3) is 0.529. The number of hydrogen-bond donors (Lipinski definition) is 1. The van der Waals surface area contributed by atoms with Crippen molar-refractivity contribution in [1.82, 2.24) is 13.6 Å². The van der Waals surface area contributed by atoms with Crippen LogP contribution in [0, 0.1) is 0 Å². The van der Waals surface area contributed by atoms with Gasteiger partial charge in [0.15, 0.2) is 0 Å². The quantitative estimate of drug-likeness (QED) is 0.913. The van der Waals surface area contributed by atoms with Crippen molar-refractivity contribution in [2.75, 3.05) is 26.2 Å². The van der Waals surface area contributed by atoms with Gasteiger partial charge in [-0.25, -0.2) is 0 Å². The molecule has 1 aliphatic heterocycles. The van der Waals surface area contributed by atoms with E-state index >= 15 is 0 Å². The highest BCUT2D eigenvalue weighted by Gasteiger charge is 2.32. The first-order chi connectivity index (χ1) is 11.1. The van der Waals surface area contributed by atoms with E-state index in [0.29, 0.717) is 32.1 Å². The van der Waals surface area contributed by atoms with E-state index in [4.69, 9.17) is 0 Å². The largest absolute Gasteiger partial charge is 0.361 e. The lowest BCUT2D eigenvalue weighted by molar-refractivity contribution is 0.291. The molecule has 0 aliphatic carbocycles. The monoisotopic (exact) mass is 335 g/mol. The minimum atomic E-state index is -3.30. The number of rotatable bonds is 5. The van der Waals surface area contributed by atoms with Crippen LogP contribution >= 0.6 is 0 Å². The van der Waals surface area contributed by atoms with Crippen LogP contribution in [0.2, 0.25) is 0 Å². The molecule has 1 aliphatic rings. The molecule has 3 rings (SSSR count). The SMILES string of the molecule is CCN(CC)S(=O)(=O)N1CCC(c2c[nH]c3ccccc23)CC1. The van der Waals surface area contributed by atoms with Crippen LogP contribution in [0.3, 0.4) is 0 Å². The first kappa shape index (κ1) is 16.5. The average Bonchev–Trinajstić information content (AvgIpc) is 3.00. The van der Waals surface area contributed by atoms with E-state index in [2.05, 4.69) is 29.4 Å². The molecular formula is C17H25N3O2S. The minimum absolute atomic E-state index is 0.425. The Balaban J connectivity index is 1.74. The highest BCUT2D eigenvalue weighted by molar-refractivity contribution is 7.86. The Labute approximate surface area is 138 Å². The number of nitrogens with one attached hydrogen (secondary N) is 1.